The van der Waals surface area contributed by atoms with E-state index in [-0.39, 0.29) is 12.2 Å². The van der Waals surface area contributed by atoms with Gasteiger partial charge in [-0.3, -0.25) is 10.1 Å². The van der Waals surface area contributed by atoms with Crippen LogP contribution in [0.1, 0.15) is 51.9 Å². The summed E-state index contributed by atoms with van der Waals surface area (Å²) in [5.41, 5.74) is 0. The van der Waals surface area contributed by atoms with Gasteiger partial charge in [0.2, 0.25) is 5.91 Å². The van der Waals surface area contributed by atoms with Crippen LogP contribution in [0.5, 0.6) is 0 Å². The summed E-state index contributed by atoms with van der Waals surface area (Å²) >= 11 is 0. The molecule has 0 aromatic carbocycles. The van der Waals surface area contributed by atoms with Crippen LogP contribution in [0.15, 0.2) is 0 Å². The minimum atomic E-state index is 0.0347. The second kappa shape index (κ2) is 5.80. The third kappa shape index (κ3) is 2.52. The van der Waals surface area contributed by atoms with Crippen molar-refractivity contribution in [2.24, 2.45) is 5.92 Å². The van der Waals surface area contributed by atoms with Crippen LogP contribution in [0.3, 0.4) is 0 Å². The first kappa shape index (κ1) is 13.4. The zero-order valence-corrected chi connectivity index (χ0v) is 11.9. The lowest BCUT2D eigenvalue weighted by molar-refractivity contribution is -0.136. The van der Waals surface area contributed by atoms with Gasteiger partial charge in [0.1, 0.15) is 0 Å². The van der Waals surface area contributed by atoms with Gasteiger partial charge < -0.3 is 9.64 Å². The van der Waals surface area contributed by atoms with E-state index in [4.69, 9.17) is 4.74 Å². The molecular formula is C15H26N2O2. The number of hydrogen-bond acceptors (Lipinski definition) is 3. The Bertz CT molecular complexity index is 322. The van der Waals surface area contributed by atoms with Gasteiger partial charge in [0, 0.05) is 6.61 Å². The fourth-order valence-electron chi connectivity index (χ4n) is 3.95. The minimum Gasteiger partial charge on any atom is -0.379 e. The lowest BCUT2D eigenvalue weighted by Crippen LogP contribution is -2.50. The molecule has 3 atom stereocenters. The van der Waals surface area contributed by atoms with Crippen LogP contribution in [0.4, 0.5) is 0 Å². The molecule has 2 heterocycles. The summed E-state index contributed by atoms with van der Waals surface area (Å²) in [5, 5.41) is 3.60. The first-order valence-corrected chi connectivity index (χ1v) is 7.97. The molecular weight excluding hydrogens is 240 g/mol. The monoisotopic (exact) mass is 266 g/mol. The fraction of sp³-hybridized carbons (Fsp3) is 0.933. The van der Waals surface area contributed by atoms with Crippen molar-refractivity contribution >= 4 is 5.91 Å². The van der Waals surface area contributed by atoms with Crippen LogP contribution in [-0.4, -0.2) is 42.3 Å². The molecule has 1 saturated carbocycles. The second-order valence-electron chi connectivity index (χ2n) is 6.23. The molecule has 4 heteroatoms. The highest BCUT2D eigenvalue weighted by molar-refractivity contribution is 5.84. The summed E-state index contributed by atoms with van der Waals surface area (Å²) in [6.07, 6.45) is 8.54. The van der Waals surface area contributed by atoms with Crippen molar-refractivity contribution in [3.8, 4) is 0 Å². The van der Waals surface area contributed by atoms with E-state index in [9.17, 15) is 4.79 Å². The average molecular weight is 266 g/mol. The van der Waals surface area contributed by atoms with Gasteiger partial charge in [0.15, 0.2) is 0 Å². The summed E-state index contributed by atoms with van der Waals surface area (Å²) in [7, 11) is 0. The predicted molar refractivity (Wildman–Crippen MR) is 73.6 cm³/mol. The van der Waals surface area contributed by atoms with Crippen molar-refractivity contribution in [2.45, 2.75) is 70.1 Å². The highest BCUT2D eigenvalue weighted by Gasteiger charge is 2.45. The SMILES string of the molecule is CCC1NC(C2CCCC2)N(C2CCCOC2)C1=O. The number of carbonyl (C=O) groups is 1. The van der Waals surface area contributed by atoms with E-state index in [1.165, 1.54) is 25.7 Å². The van der Waals surface area contributed by atoms with E-state index in [0.29, 0.717) is 17.9 Å². The maximum Gasteiger partial charge on any atom is 0.241 e. The predicted octanol–water partition coefficient (Wildman–Crippen LogP) is 1.89. The molecule has 0 spiro atoms. The average Bonchev–Trinajstić information content (AvgIpc) is 3.07. The van der Waals surface area contributed by atoms with E-state index in [1.54, 1.807) is 0 Å². The van der Waals surface area contributed by atoms with E-state index in [2.05, 4.69) is 17.1 Å². The first-order valence-electron chi connectivity index (χ1n) is 7.97. The van der Waals surface area contributed by atoms with Crippen LogP contribution < -0.4 is 5.32 Å². The van der Waals surface area contributed by atoms with E-state index in [1.807, 2.05) is 0 Å². The first-order chi connectivity index (χ1) is 9.31. The molecule has 0 aromatic rings. The molecule has 2 saturated heterocycles. The highest BCUT2D eigenvalue weighted by Crippen LogP contribution is 2.34. The lowest BCUT2D eigenvalue weighted by atomic mass is 10.0. The molecule has 1 aliphatic carbocycles. The maximum absolute atomic E-state index is 12.6. The Balaban J connectivity index is 1.76. The van der Waals surface area contributed by atoms with E-state index >= 15 is 0 Å². The molecule has 3 unspecified atom stereocenters. The van der Waals surface area contributed by atoms with Gasteiger partial charge in [-0.1, -0.05) is 19.8 Å². The quantitative estimate of drug-likeness (QED) is 0.848. The number of nitrogens with zero attached hydrogens (tertiary/aromatic N) is 1. The third-order valence-corrected chi connectivity index (χ3v) is 5.01. The molecule has 108 valence electrons. The number of carbonyl (C=O) groups excluding carboxylic acids is 1. The van der Waals surface area contributed by atoms with Gasteiger partial charge >= 0.3 is 0 Å². The van der Waals surface area contributed by atoms with Crippen molar-refractivity contribution in [1.29, 1.82) is 0 Å². The Labute approximate surface area is 115 Å². The van der Waals surface area contributed by atoms with Crippen molar-refractivity contribution in [3.63, 3.8) is 0 Å². The molecule has 1 N–H and O–H groups in total. The topological polar surface area (TPSA) is 41.6 Å². The van der Waals surface area contributed by atoms with E-state index in [0.717, 1.165) is 32.5 Å². The Morgan fingerprint density at radius 3 is 2.68 bits per heavy atom. The molecule has 19 heavy (non-hydrogen) atoms. The third-order valence-electron chi connectivity index (χ3n) is 5.01. The van der Waals surface area contributed by atoms with Gasteiger partial charge in [-0.25, -0.2) is 0 Å². The van der Waals surface area contributed by atoms with Crippen LogP contribution >= 0.6 is 0 Å². The summed E-state index contributed by atoms with van der Waals surface area (Å²) < 4.78 is 5.60. The van der Waals surface area contributed by atoms with Crippen LogP contribution in [0, 0.1) is 5.92 Å². The van der Waals surface area contributed by atoms with Gasteiger partial charge in [-0.05, 0) is 38.0 Å². The Morgan fingerprint density at radius 2 is 2.05 bits per heavy atom. The molecule has 1 amide bonds. The molecule has 2 aliphatic heterocycles. The van der Waals surface area contributed by atoms with Crippen LogP contribution in [0.2, 0.25) is 0 Å². The number of rotatable bonds is 3. The Morgan fingerprint density at radius 1 is 1.26 bits per heavy atom. The number of amides is 1. The zero-order chi connectivity index (χ0) is 13.2. The van der Waals surface area contributed by atoms with Crippen LogP contribution in [0.25, 0.3) is 0 Å². The standard InChI is InChI=1S/C15H26N2O2/c1-2-13-15(18)17(12-8-5-9-19-10-12)14(16-13)11-6-3-4-7-11/h11-14,16H,2-10H2,1H3. The summed E-state index contributed by atoms with van der Waals surface area (Å²) in [6, 6.07) is 0.337. The molecule has 3 aliphatic rings. The Kier molecular flexibility index (Phi) is 4.08. The summed E-state index contributed by atoms with van der Waals surface area (Å²) in [4.78, 5) is 14.8. The second-order valence-corrected chi connectivity index (χ2v) is 6.23. The number of nitrogens with one attached hydrogen (secondary N) is 1. The van der Waals surface area contributed by atoms with Crippen molar-refractivity contribution < 1.29 is 9.53 Å². The maximum atomic E-state index is 12.6. The molecule has 4 nitrogen and oxygen atoms in total. The van der Waals surface area contributed by atoms with Crippen molar-refractivity contribution in [2.75, 3.05) is 13.2 Å². The van der Waals surface area contributed by atoms with Gasteiger partial charge in [-0.2, -0.15) is 0 Å². The smallest absolute Gasteiger partial charge is 0.241 e. The number of hydrogen-bond donors (Lipinski definition) is 1. The lowest BCUT2D eigenvalue weighted by Gasteiger charge is -2.37. The van der Waals surface area contributed by atoms with Gasteiger partial charge in [-0.15, -0.1) is 0 Å². The normalized spacial score (nSPS) is 37.2. The van der Waals surface area contributed by atoms with Crippen molar-refractivity contribution in [1.82, 2.24) is 10.2 Å². The molecule has 3 fully saturated rings. The fourth-order valence-corrected chi connectivity index (χ4v) is 3.95. The summed E-state index contributed by atoms with van der Waals surface area (Å²) in [5.74, 6) is 0.970. The van der Waals surface area contributed by atoms with Gasteiger partial charge in [0.05, 0.1) is 24.9 Å². The minimum absolute atomic E-state index is 0.0347. The Hall–Kier alpha value is -0.610. The van der Waals surface area contributed by atoms with Crippen molar-refractivity contribution in [3.05, 3.63) is 0 Å². The molecule has 0 radical (unpaired) electrons. The molecule has 0 bridgehead atoms. The zero-order valence-electron chi connectivity index (χ0n) is 11.9. The summed E-state index contributed by atoms with van der Waals surface area (Å²) in [6.45, 7) is 3.69. The van der Waals surface area contributed by atoms with Crippen LogP contribution in [-0.2, 0) is 9.53 Å². The number of ether oxygens (including phenoxy) is 1. The molecule has 0 aromatic heterocycles. The van der Waals surface area contributed by atoms with E-state index < -0.39 is 0 Å². The molecule has 3 rings (SSSR count). The van der Waals surface area contributed by atoms with Gasteiger partial charge in [0.25, 0.3) is 0 Å². The highest BCUT2D eigenvalue weighted by atomic mass is 16.5. The largest absolute Gasteiger partial charge is 0.379 e.